The lowest BCUT2D eigenvalue weighted by Gasteiger charge is -2.06. The number of benzene rings is 1. The number of hydrogen-bond donors (Lipinski definition) is 1. The van der Waals surface area contributed by atoms with Crippen molar-refractivity contribution in [3.63, 3.8) is 0 Å². The molecule has 16 heavy (non-hydrogen) atoms. The molecule has 0 amide bonds. The highest BCUT2D eigenvalue weighted by Crippen LogP contribution is 2.17. The van der Waals surface area contributed by atoms with Crippen LogP contribution in [0.1, 0.15) is 16.0 Å². The van der Waals surface area contributed by atoms with Gasteiger partial charge in [-0.2, -0.15) is 0 Å². The van der Waals surface area contributed by atoms with Crippen molar-refractivity contribution in [1.82, 2.24) is 5.32 Å². The van der Waals surface area contributed by atoms with E-state index in [4.69, 9.17) is 11.6 Å². The van der Waals surface area contributed by atoms with Crippen molar-refractivity contribution in [2.45, 2.75) is 20.0 Å². The van der Waals surface area contributed by atoms with Crippen molar-refractivity contribution in [1.29, 1.82) is 0 Å². The molecule has 1 N–H and O–H groups in total. The summed E-state index contributed by atoms with van der Waals surface area (Å²) >= 11 is 7.87. The maximum absolute atomic E-state index is 6.08. The van der Waals surface area contributed by atoms with E-state index in [9.17, 15) is 0 Å². The summed E-state index contributed by atoms with van der Waals surface area (Å²) in [6.07, 6.45) is 0. The van der Waals surface area contributed by atoms with Crippen molar-refractivity contribution in [3.05, 3.63) is 56.7 Å². The van der Waals surface area contributed by atoms with Crippen LogP contribution in [0.4, 0.5) is 0 Å². The zero-order chi connectivity index (χ0) is 11.4. The van der Waals surface area contributed by atoms with Gasteiger partial charge in [-0.3, -0.25) is 0 Å². The van der Waals surface area contributed by atoms with Crippen LogP contribution in [0.3, 0.4) is 0 Å². The van der Waals surface area contributed by atoms with Crippen LogP contribution in [0, 0.1) is 6.92 Å². The normalized spacial score (nSPS) is 10.6. The van der Waals surface area contributed by atoms with Gasteiger partial charge in [0.15, 0.2) is 0 Å². The first-order valence-corrected chi connectivity index (χ1v) is 6.50. The third-order valence-corrected chi connectivity index (χ3v) is 3.92. The second-order valence-corrected chi connectivity index (χ2v) is 5.13. The van der Waals surface area contributed by atoms with Crippen LogP contribution in [-0.2, 0) is 13.1 Å². The lowest BCUT2D eigenvalue weighted by atomic mass is 10.2. The standard InChI is InChI=1S/C13H14ClNS/c1-10-6-7-16-13(10)9-15-8-11-4-2-3-5-12(11)14/h2-7,15H,8-9H2,1H3. The van der Waals surface area contributed by atoms with Crippen LogP contribution in [0.5, 0.6) is 0 Å². The molecule has 0 unspecified atom stereocenters. The van der Waals surface area contributed by atoms with Crippen molar-refractivity contribution in [2.24, 2.45) is 0 Å². The predicted octanol–water partition coefficient (Wildman–Crippen LogP) is 4.00. The van der Waals surface area contributed by atoms with Gasteiger partial charge in [0, 0.05) is 23.0 Å². The van der Waals surface area contributed by atoms with Gasteiger partial charge in [-0.05, 0) is 35.6 Å². The fourth-order valence-electron chi connectivity index (χ4n) is 1.54. The Balaban J connectivity index is 1.89. The molecule has 0 atom stereocenters. The summed E-state index contributed by atoms with van der Waals surface area (Å²) < 4.78 is 0. The maximum atomic E-state index is 6.08. The molecule has 2 rings (SSSR count). The average molecular weight is 252 g/mol. The quantitative estimate of drug-likeness (QED) is 0.866. The Hall–Kier alpha value is -0.830. The van der Waals surface area contributed by atoms with Crippen molar-refractivity contribution in [2.75, 3.05) is 0 Å². The molecule has 0 aliphatic carbocycles. The van der Waals surface area contributed by atoms with E-state index in [0.29, 0.717) is 0 Å². The Labute approximate surface area is 105 Å². The molecule has 0 aliphatic rings. The van der Waals surface area contributed by atoms with Crippen LogP contribution in [0.2, 0.25) is 5.02 Å². The van der Waals surface area contributed by atoms with Crippen LogP contribution in [-0.4, -0.2) is 0 Å². The van der Waals surface area contributed by atoms with E-state index < -0.39 is 0 Å². The van der Waals surface area contributed by atoms with Crippen LogP contribution in [0.25, 0.3) is 0 Å². The molecule has 0 fully saturated rings. The van der Waals surface area contributed by atoms with Gasteiger partial charge in [-0.15, -0.1) is 11.3 Å². The fraction of sp³-hybridized carbons (Fsp3) is 0.231. The Morgan fingerprint density at radius 2 is 2.00 bits per heavy atom. The van der Waals surface area contributed by atoms with Gasteiger partial charge in [0.2, 0.25) is 0 Å². The number of rotatable bonds is 4. The molecule has 1 nitrogen and oxygen atoms in total. The van der Waals surface area contributed by atoms with Gasteiger partial charge < -0.3 is 5.32 Å². The zero-order valence-electron chi connectivity index (χ0n) is 9.16. The second-order valence-electron chi connectivity index (χ2n) is 3.72. The third kappa shape index (κ3) is 2.85. The van der Waals surface area contributed by atoms with Crippen LogP contribution < -0.4 is 5.32 Å². The summed E-state index contributed by atoms with van der Waals surface area (Å²) in [5, 5.41) is 6.37. The number of aryl methyl sites for hydroxylation is 1. The van der Waals surface area contributed by atoms with E-state index in [1.165, 1.54) is 10.4 Å². The Bertz CT molecular complexity index is 464. The summed E-state index contributed by atoms with van der Waals surface area (Å²) in [5.74, 6) is 0. The lowest BCUT2D eigenvalue weighted by molar-refractivity contribution is 0.699. The summed E-state index contributed by atoms with van der Waals surface area (Å²) in [7, 11) is 0. The molecule has 0 saturated carbocycles. The first-order valence-electron chi connectivity index (χ1n) is 5.24. The molecule has 0 saturated heterocycles. The first kappa shape index (κ1) is 11.6. The topological polar surface area (TPSA) is 12.0 Å². The molecule has 0 bridgehead atoms. The maximum Gasteiger partial charge on any atom is 0.0450 e. The zero-order valence-corrected chi connectivity index (χ0v) is 10.7. The van der Waals surface area contributed by atoms with Gasteiger partial charge in [-0.25, -0.2) is 0 Å². The highest BCUT2D eigenvalue weighted by molar-refractivity contribution is 7.10. The highest BCUT2D eigenvalue weighted by atomic mass is 35.5. The molecule has 1 aromatic carbocycles. The summed E-state index contributed by atoms with van der Waals surface area (Å²) in [6, 6.07) is 10.1. The Morgan fingerprint density at radius 3 is 2.69 bits per heavy atom. The fourth-order valence-corrected chi connectivity index (χ4v) is 2.62. The van der Waals surface area contributed by atoms with E-state index in [0.717, 1.165) is 23.7 Å². The lowest BCUT2D eigenvalue weighted by Crippen LogP contribution is -2.12. The molecule has 0 aliphatic heterocycles. The average Bonchev–Trinajstić information content (AvgIpc) is 2.67. The number of thiophene rings is 1. The number of nitrogens with one attached hydrogen (secondary N) is 1. The van der Waals surface area contributed by atoms with E-state index >= 15 is 0 Å². The highest BCUT2D eigenvalue weighted by Gasteiger charge is 2.01. The smallest absolute Gasteiger partial charge is 0.0450 e. The molecule has 3 heteroatoms. The molecular formula is C13H14ClNS. The molecule has 1 heterocycles. The Kier molecular flexibility index (Phi) is 3.99. The van der Waals surface area contributed by atoms with Gasteiger partial charge in [-0.1, -0.05) is 29.8 Å². The molecule has 0 spiro atoms. The van der Waals surface area contributed by atoms with Gasteiger partial charge in [0.1, 0.15) is 0 Å². The molecule has 1 aromatic heterocycles. The van der Waals surface area contributed by atoms with Crippen LogP contribution >= 0.6 is 22.9 Å². The van der Waals surface area contributed by atoms with E-state index in [1.54, 1.807) is 11.3 Å². The van der Waals surface area contributed by atoms with Gasteiger partial charge in [0.25, 0.3) is 0 Å². The largest absolute Gasteiger partial charge is 0.308 e. The third-order valence-electron chi connectivity index (χ3n) is 2.53. The number of hydrogen-bond acceptors (Lipinski definition) is 2. The monoisotopic (exact) mass is 251 g/mol. The molecule has 0 radical (unpaired) electrons. The van der Waals surface area contributed by atoms with Gasteiger partial charge >= 0.3 is 0 Å². The molecular weight excluding hydrogens is 238 g/mol. The summed E-state index contributed by atoms with van der Waals surface area (Å²) in [6.45, 7) is 3.87. The molecule has 84 valence electrons. The SMILES string of the molecule is Cc1ccsc1CNCc1ccccc1Cl. The molecule has 2 aromatic rings. The first-order chi connectivity index (χ1) is 7.77. The van der Waals surface area contributed by atoms with E-state index in [1.807, 2.05) is 18.2 Å². The van der Waals surface area contributed by atoms with Gasteiger partial charge in [0.05, 0.1) is 0 Å². The second kappa shape index (κ2) is 5.48. The van der Waals surface area contributed by atoms with Crippen LogP contribution in [0.15, 0.2) is 35.7 Å². The van der Waals surface area contributed by atoms with Crippen molar-refractivity contribution in [3.8, 4) is 0 Å². The summed E-state index contributed by atoms with van der Waals surface area (Å²) in [4.78, 5) is 1.40. The van der Waals surface area contributed by atoms with Crippen molar-refractivity contribution < 1.29 is 0 Å². The van der Waals surface area contributed by atoms with E-state index in [-0.39, 0.29) is 0 Å². The van der Waals surface area contributed by atoms with E-state index in [2.05, 4.69) is 29.8 Å². The minimum absolute atomic E-state index is 0.816. The summed E-state index contributed by atoms with van der Waals surface area (Å²) in [5.41, 5.74) is 2.51. The minimum Gasteiger partial charge on any atom is -0.308 e. The van der Waals surface area contributed by atoms with Crippen molar-refractivity contribution >= 4 is 22.9 Å². The Morgan fingerprint density at radius 1 is 1.19 bits per heavy atom. The minimum atomic E-state index is 0.816. The predicted molar refractivity (Wildman–Crippen MR) is 71.1 cm³/mol. The number of halogens is 1.